The van der Waals surface area contributed by atoms with Crippen LogP contribution in [0.15, 0.2) is 91.0 Å². The first-order chi connectivity index (χ1) is 22.1. The first-order valence-electron chi connectivity index (χ1n) is 16.6. The molecule has 0 radical (unpaired) electrons. The van der Waals surface area contributed by atoms with Crippen LogP contribution in [-0.2, 0) is 25.7 Å². The Labute approximate surface area is 291 Å². The zero-order valence-corrected chi connectivity index (χ0v) is 31.8. The molecule has 0 saturated carbocycles. The minimum absolute atomic E-state index is 0.0405. The van der Waals surface area contributed by atoms with Crippen molar-refractivity contribution in [2.45, 2.75) is 96.6 Å². The topological polar surface area (TPSA) is 93.7 Å². The van der Waals surface area contributed by atoms with E-state index in [4.69, 9.17) is 9.47 Å². The summed E-state index contributed by atoms with van der Waals surface area (Å²) in [5.41, 5.74) is 1.21. The molecule has 3 aromatic rings. The maximum Gasteiger partial charge on any atom is 0.311 e. The van der Waals surface area contributed by atoms with Crippen molar-refractivity contribution in [2.24, 2.45) is 21.7 Å². The number of ether oxygens (including phenoxy) is 2. The smallest absolute Gasteiger partial charge is 0.311 e. The highest BCUT2D eigenvalue weighted by Gasteiger charge is 2.22. The highest BCUT2D eigenvalue weighted by atomic mass is 16.5. The van der Waals surface area contributed by atoms with Gasteiger partial charge in [-0.1, -0.05) is 129 Å². The maximum absolute atomic E-state index is 11.5. The molecule has 3 aromatic carbocycles. The van der Waals surface area contributed by atoms with Crippen LogP contribution in [0.25, 0.3) is 0 Å². The molecule has 0 aliphatic carbocycles. The van der Waals surface area contributed by atoms with Crippen LogP contribution in [0.2, 0.25) is 0 Å². The summed E-state index contributed by atoms with van der Waals surface area (Å²) in [6.07, 6.45) is 0. The largest absolute Gasteiger partial charge is 0.493 e. The van der Waals surface area contributed by atoms with Crippen LogP contribution in [0.1, 0.15) is 95.6 Å². The molecule has 0 heterocycles. The molecule has 48 heavy (non-hydrogen) atoms. The Morgan fingerprint density at radius 3 is 1.40 bits per heavy atom. The number of carbonyl (C=O) groups is 3. The lowest BCUT2D eigenvalue weighted by Crippen LogP contribution is -2.34. The molecule has 2 N–H and O–H groups in total. The van der Waals surface area contributed by atoms with Crippen LogP contribution < -0.4 is 15.4 Å². The van der Waals surface area contributed by atoms with E-state index in [1.807, 2.05) is 160 Å². The molecule has 0 aromatic heterocycles. The van der Waals surface area contributed by atoms with Gasteiger partial charge in [-0.05, 0) is 62.9 Å². The Kier molecular flexibility index (Phi) is 19.2. The van der Waals surface area contributed by atoms with Crippen molar-refractivity contribution >= 4 is 23.5 Å². The molecule has 0 aliphatic rings. The minimum Gasteiger partial charge on any atom is -0.493 e. The molecule has 0 saturated heterocycles. The SMILES string of the molecule is CC(C)(C)C(=O)NCc1ccccc1.CC(C)(C)C(=O)Nc1ccccc1.CC(C)(C)COc1ccccc1.CCOC(=O)C(C)(C)C. The van der Waals surface area contributed by atoms with E-state index in [0.717, 1.165) is 23.6 Å². The Morgan fingerprint density at radius 2 is 1.02 bits per heavy atom. The molecule has 7 heteroatoms. The van der Waals surface area contributed by atoms with Crippen molar-refractivity contribution in [1.29, 1.82) is 0 Å². The summed E-state index contributed by atoms with van der Waals surface area (Å²) < 4.78 is 10.3. The van der Waals surface area contributed by atoms with Crippen molar-refractivity contribution in [3.05, 3.63) is 96.6 Å². The van der Waals surface area contributed by atoms with Crippen LogP contribution in [0.4, 0.5) is 5.69 Å². The van der Waals surface area contributed by atoms with Gasteiger partial charge in [0.2, 0.25) is 11.8 Å². The second-order valence-electron chi connectivity index (χ2n) is 15.6. The molecule has 0 unspecified atom stereocenters. The quantitative estimate of drug-likeness (QED) is 0.256. The summed E-state index contributed by atoms with van der Waals surface area (Å²) in [5.74, 6) is 0.942. The molecule has 0 spiro atoms. The van der Waals surface area contributed by atoms with Gasteiger partial charge in [0.1, 0.15) is 5.75 Å². The molecule has 266 valence electrons. The van der Waals surface area contributed by atoms with Crippen molar-refractivity contribution in [1.82, 2.24) is 5.32 Å². The Balaban J connectivity index is 0.000000621. The van der Waals surface area contributed by atoms with Gasteiger partial charge in [0, 0.05) is 23.1 Å². The highest BCUT2D eigenvalue weighted by molar-refractivity contribution is 5.94. The number of para-hydroxylation sites is 2. The van der Waals surface area contributed by atoms with Gasteiger partial charge in [0.05, 0.1) is 18.6 Å². The van der Waals surface area contributed by atoms with E-state index in [1.54, 1.807) is 0 Å². The third-order valence-electron chi connectivity index (χ3n) is 5.99. The van der Waals surface area contributed by atoms with Crippen molar-refractivity contribution in [3.63, 3.8) is 0 Å². The first-order valence-corrected chi connectivity index (χ1v) is 16.6. The fourth-order valence-corrected chi connectivity index (χ4v) is 3.05. The van der Waals surface area contributed by atoms with Crippen molar-refractivity contribution in [2.75, 3.05) is 18.5 Å². The predicted octanol–water partition coefficient (Wildman–Crippen LogP) is 9.73. The van der Waals surface area contributed by atoms with Gasteiger partial charge in [0.15, 0.2) is 0 Å². The molecule has 0 atom stereocenters. The van der Waals surface area contributed by atoms with E-state index in [-0.39, 0.29) is 39.4 Å². The normalized spacial score (nSPS) is 11.1. The molecule has 7 nitrogen and oxygen atoms in total. The van der Waals surface area contributed by atoms with Crippen molar-refractivity contribution in [3.8, 4) is 5.75 Å². The van der Waals surface area contributed by atoms with E-state index >= 15 is 0 Å². The van der Waals surface area contributed by atoms with Crippen LogP contribution in [-0.4, -0.2) is 31.0 Å². The van der Waals surface area contributed by atoms with E-state index in [0.29, 0.717) is 13.2 Å². The highest BCUT2D eigenvalue weighted by Crippen LogP contribution is 2.18. The number of hydrogen-bond acceptors (Lipinski definition) is 5. The summed E-state index contributed by atoms with van der Waals surface area (Å²) in [4.78, 5) is 33.9. The van der Waals surface area contributed by atoms with E-state index in [9.17, 15) is 14.4 Å². The Hall–Kier alpha value is -4.13. The van der Waals surface area contributed by atoms with Crippen LogP contribution in [0, 0.1) is 21.7 Å². The van der Waals surface area contributed by atoms with E-state index in [2.05, 4.69) is 31.4 Å². The third-order valence-corrected chi connectivity index (χ3v) is 5.99. The van der Waals surface area contributed by atoms with Crippen LogP contribution in [0.5, 0.6) is 5.75 Å². The molecule has 0 bridgehead atoms. The first kappa shape index (κ1) is 43.9. The molecular formula is C41H62N2O5. The van der Waals surface area contributed by atoms with Gasteiger partial charge in [-0.15, -0.1) is 0 Å². The Bertz CT molecular complexity index is 1310. The van der Waals surface area contributed by atoms with Gasteiger partial charge in [-0.25, -0.2) is 0 Å². The second kappa shape index (κ2) is 21.0. The van der Waals surface area contributed by atoms with Crippen molar-refractivity contribution < 1.29 is 23.9 Å². The predicted molar refractivity (Wildman–Crippen MR) is 200 cm³/mol. The minimum atomic E-state index is -0.351. The number of rotatable bonds is 6. The average Bonchev–Trinajstić information content (AvgIpc) is 3.00. The number of amides is 2. The molecule has 0 aliphatic heterocycles. The number of anilines is 1. The van der Waals surface area contributed by atoms with Gasteiger partial charge < -0.3 is 20.1 Å². The summed E-state index contributed by atoms with van der Waals surface area (Å²) in [6.45, 7) is 27.1. The fraction of sp³-hybridized carbons (Fsp3) is 0.488. The number of nitrogens with one attached hydrogen (secondary N) is 2. The lowest BCUT2D eigenvalue weighted by atomic mass is 9.95. The van der Waals surface area contributed by atoms with Gasteiger partial charge in [0.25, 0.3) is 0 Å². The monoisotopic (exact) mass is 662 g/mol. The third kappa shape index (κ3) is 22.4. The molecule has 2 amide bonds. The fourth-order valence-electron chi connectivity index (χ4n) is 3.05. The standard InChI is InChI=1S/C12H17NO.C11H15NO.C11H16O.C7H14O2/c1-12(2,3)11(14)13-9-10-7-5-4-6-8-10;1-11(2,3)10(13)12-9-7-5-4-6-8-9;1-11(2,3)9-12-10-7-5-4-6-8-10;1-5-9-6(8)7(2,3)4/h4-8H,9H2,1-3H3,(H,13,14);4-8H,1-3H3,(H,12,13);4-8H,9H2,1-3H3;5H2,1-4H3. The zero-order valence-electron chi connectivity index (χ0n) is 31.8. The lowest BCUT2D eigenvalue weighted by molar-refractivity contribution is -0.152. The number of esters is 1. The molecule has 3 rings (SSSR count). The number of carbonyl (C=O) groups excluding carboxylic acids is 3. The van der Waals surface area contributed by atoms with Crippen LogP contribution >= 0.6 is 0 Å². The van der Waals surface area contributed by atoms with Gasteiger partial charge >= 0.3 is 5.97 Å². The Morgan fingerprint density at radius 1 is 0.583 bits per heavy atom. The molecule has 0 fully saturated rings. The van der Waals surface area contributed by atoms with E-state index < -0.39 is 0 Å². The summed E-state index contributed by atoms with van der Waals surface area (Å²) in [6, 6.07) is 29.3. The van der Waals surface area contributed by atoms with E-state index in [1.165, 1.54) is 0 Å². The number of benzene rings is 3. The zero-order chi connectivity index (χ0) is 37.0. The molecular weight excluding hydrogens is 600 g/mol. The van der Waals surface area contributed by atoms with Gasteiger partial charge in [-0.3, -0.25) is 14.4 Å². The van der Waals surface area contributed by atoms with Crippen LogP contribution in [0.3, 0.4) is 0 Å². The summed E-state index contributed by atoms with van der Waals surface area (Å²) in [7, 11) is 0. The van der Waals surface area contributed by atoms with Gasteiger partial charge in [-0.2, -0.15) is 0 Å². The lowest BCUT2D eigenvalue weighted by Gasteiger charge is -2.18. The summed E-state index contributed by atoms with van der Waals surface area (Å²) in [5, 5.41) is 5.74. The number of hydrogen-bond donors (Lipinski definition) is 2. The maximum atomic E-state index is 11.5. The summed E-state index contributed by atoms with van der Waals surface area (Å²) >= 11 is 0. The average molecular weight is 663 g/mol. The second-order valence-corrected chi connectivity index (χ2v) is 15.6.